The van der Waals surface area contributed by atoms with E-state index < -0.39 is 0 Å². The fourth-order valence-corrected chi connectivity index (χ4v) is 0.776. The van der Waals surface area contributed by atoms with Crippen molar-refractivity contribution in [1.82, 2.24) is 0 Å². The Balaban J connectivity index is 3.70. The number of carbonyl (C=O) groups is 1. The second kappa shape index (κ2) is 6.14. The van der Waals surface area contributed by atoms with Gasteiger partial charge in [-0.2, -0.15) is 0 Å². The number of carbonyl (C=O) groups excluding carboxylic acids is 1. The molecule has 0 aliphatic carbocycles. The van der Waals surface area contributed by atoms with E-state index >= 15 is 0 Å². The first-order valence-electron chi connectivity index (χ1n) is 5.13. The van der Waals surface area contributed by atoms with Gasteiger partial charge in [-0.25, -0.2) is 0 Å². The highest BCUT2D eigenvalue weighted by Crippen LogP contribution is 2.07. The predicted molar refractivity (Wildman–Crippen MR) is 54.7 cm³/mol. The van der Waals surface area contributed by atoms with Crippen LogP contribution in [-0.2, 0) is 9.53 Å². The molecule has 0 amide bonds. The maximum absolute atomic E-state index is 11.4. The molecule has 0 heterocycles. The van der Waals surface area contributed by atoms with Crippen LogP contribution >= 0.6 is 0 Å². The van der Waals surface area contributed by atoms with Gasteiger partial charge in [0, 0.05) is 5.92 Å². The smallest absolute Gasteiger partial charge is 0.161 e. The van der Waals surface area contributed by atoms with Gasteiger partial charge < -0.3 is 4.74 Å². The molecule has 0 bridgehead atoms. The van der Waals surface area contributed by atoms with Gasteiger partial charge in [-0.15, -0.1) is 0 Å². The summed E-state index contributed by atoms with van der Waals surface area (Å²) in [5.41, 5.74) is 0. The molecule has 2 nitrogen and oxygen atoms in total. The molecule has 0 fully saturated rings. The highest BCUT2D eigenvalue weighted by atomic mass is 16.5. The fraction of sp³-hybridized carbons (Fsp3) is 0.909. The van der Waals surface area contributed by atoms with Crippen LogP contribution < -0.4 is 0 Å². The van der Waals surface area contributed by atoms with Gasteiger partial charge in [0.15, 0.2) is 5.78 Å². The lowest BCUT2D eigenvalue weighted by atomic mass is 10.0. The monoisotopic (exact) mass is 186 g/mol. The van der Waals surface area contributed by atoms with E-state index in [-0.39, 0.29) is 24.4 Å². The van der Waals surface area contributed by atoms with Crippen molar-refractivity contribution in [1.29, 1.82) is 0 Å². The van der Waals surface area contributed by atoms with Crippen molar-refractivity contribution >= 4 is 5.78 Å². The first-order chi connectivity index (χ1) is 5.99. The minimum Gasteiger partial charge on any atom is -0.370 e. The van der Waals surface area contributed by atoms with Gasteiger partial charge in [-0.1, -0.05) is 27.7 Å². The molecule has 0 aliphatic rings. The average Bonchev–Trinajstić information content (AvgIpc) is 2.11. The summed E-state index contributed by atoms with van der Waals surface area (Å²) in [7, 11) is 0. The lowest BCUT2D eigenvalue weighted by Crippen LogP contribution is -2.23. The van der Waals surface area contributed by atoms with Crippen LogP contribution in [0.15, 0.2) is 0 Å². The minimum atomic E-state index is 0.138. The van der Waals surface area contributed by atoms with Crippen LogP contribution in [-0.4, -0.2) is 18.5 Å². The molecular formula is C11H22O2. The van der Waals surface area contributed by atoms with Crippen molar-refractivity contribution in [3.63, 3.8) is 0 Å². The third-order valence-corrected chi connectivity index (χ3v) is 2.59. The van der Waals surface area contributed by atoms with E-state index in [1.807, 2.05) is 20.8 Å². The Kier molecular flexibility index (Phi) is 5.97. The van der Waals surface area contributed by atoms with Crippen molar-refractivity contribution in [2.45, 2.75) is 47.1 Å². The summed E-state index contributed by atoms with van der Waals surface area (Å²) in [5.74, 6) is 0.832. The molecule has 0 saturated heterocycles. The van der Waals surface area contributed by atoms with Crippen molar-refractivity contribution in [2.75, 3.05) is 6.61 Å². The highest BCUT2D eigenvalue weighted by Gasteiger charge is 2.13. The zero-order chi connectivity index (χ0) is 10.4. The van der Waals surface area contributed by atoms with Crippen molar-refractivity contribution < 1.29 is 9.53 Å². The largest absolute Gasteiger partial charge is 0.370 e. The molecule has 0 radical (unpaired) electrons. The van der Waals surface area contributed by atoms with E-state index in [0.29, 0.717) is 5.92 Å². The Bertz CT molecular complexity index is 152. The third kappa shape index (κ3) is 5.04. The first kappa shape index (κ1) is 12.6. The Labute approximate surface area is 81.7 Å². The molecule has 2 atom stereocenters. The molecular weight excluding hydrogens is 164 g/mol. The summed E-state index contributed by atoms with van der Waals surface area (Å²) in [6.45, 7) is 10.4. The SMILES string of the molecule is CCC(C)C(=O)COC(C)C(C)C. The van der Waals surface area contributed by atoms with E-state index in [1.165, 1.54) is 0 Å². The molecule has 0 rings (SSSR count). The third-order valence-electron chi connectivity index (χ3n) is 2.59. The summed E-state index contributed by atoms with van der Waals surface area (Å²) in [5, 5.41) is 0. The topological polar surface area (TPSA) is 26.3 Å². The Morgan fingerprint density at radius 1 is 1.23 bits per heavy atom. The van der Waals surface area contributed by atoms with Crippen molar-refractivity contribution in [2.24, 2.45) is 11.8 Å². The summed E-state index contributed by atoms with van der Waals surface area (Å²) >= 11 is 0. The normalized spacial score (nSPS) is 15.8. The number of hydrogen-bond acceptors (Lipinski definition) is 2. The van der Waals surface area contributed by atoms with E-state index in [2.05, 4.69) is 13.8 Å². The Morgan fingerprint density at radius 3 is 2.15 bits per heavy atom. The van der Waals surface area contributed by atoms with Crippen LogP contribution in [0.3, 0.4) is 0 Å². The minimum absolute atomic E-state index is 0.138. The van der Waals surface area contributed by atoms with E-state index in [4.69, 9.17) is 4.74 Å². The molecule has 0 aromatic heterocycles. The summed E-state index contributed by atoms with van der Waals surface area (Å²) in [4.78, 5) is 11.4. The average molecular weight is 186 g/mol. The molecule has 78 valence electrons. The van der Waals surface area contributed by atoms with Gasteiger partial charge in [-0.3, -0.25) is 4.79 Å². The van der Waals surface area contributed by atoms with Gasteiger partial charge in [-0.05, 0) is 19.3 Å². The van der Waals surface area contributed by atoms with E-state index in [0.717, 1.165) is 6.42 Å². The van der Waals surface area contributed by atoms with E-state index in [1.54, 1.807) is 0 Å². The molecule has 0 aromatic rings. The van der Waals surface area contributed by atoms with Crippen LogP contribution in [0.5, 0.6) is 0 Å². The second-order valence-corrected chi connectivity index (χ2v) is 4.04. The van der Waals surface area contributed by atoms with Gasteiger partial charge in [0.05, 0.1) is 6.10 Å². The Morgan fingerprint density at radius 2 is 1.77 bits per heavy atom. The van der Waals surface area contributed by atoms with Gasteiger partial charge >= 0.3 is 0 Å². The zero-order valence-corrected chi connectivity index (χ0v) is 9.46. The molecule has 0 N–H and O–H groups in total. The van der Waals surface area contributed by atoms with Gasteiger partial charge in [0.25, 0.3) is 0 Å². The van der Waals surface area contributed by atoms with E-state index in [9.17, 15) is 4.79 Å². The van der Waals surface area contributed by atoms with Crippen LogP contribution in [0, 0.1) is 11.8 Å². The summed E-state index contributed by atoms with van der Waals surface area (Å²) in [6, 6.07) is 0. The molecule has 13 heavy (non-hydrogen) atoms. The number of hydrogen-bond donors (Lipinski definition) is 0. The highest BCUT2D eigenvalue weighted by molar-refractivity contribution is 5.81. The molecule has 2 heteroatoms. The number of rotatable bonds is 6. The van der Waals surface area contributed by atoms with Gasteiger partial charge in [0.1, 0.15) is 6.61 Å². The predicted octanol–water partition coefficient (Wildman–Crippen LogP) is 2.66. The van der Waals surface area contributed by atoms with Crippen molar-refractivity contribution in [3.8, 4) is 0 Å². The first-order valence-corrected chi connectivity index (χ1v) is 5.13. The molecule has 0 saturated carbocycles. The molecule has 0 spiro atoms. The Hall–Kier alpha value is -0.370. The maximum atomic E-state index is 11.4. The fourth-order valence-electron chi connectivity index (χ4n) is 0.776. The van der Waals surface area contributed by atoms with Crippen LogP contribution in [0.2, 0.25) is 0 Å². The lowest BCUT2D eigenvalue weighted by molar-refractivity contribution is -0.129. The summed E-state index contributed by atoms with van der Waals surface area (Å²) < 4.78 is 5.44. The maximum Gasteiger partial charge on any atom is 0.161 e. The molecule has 2 unspecified atom stereocenters. The van der Waals surface area contributed by atoms with Crippen molar-refractivity contribution in [3.05, 3.63) is 0 Å². The number of ketones is 1. The lowest BCUT2D eigenvalue weighted by Gasteiger charge is -2.17. The molecule has 0 aromatic carbocycles. The van der Waals surface area contributed by atoms with Crippen LogP contribution in [0.4, 0.5) is 0 Å². The second-order valence-electron chi connectivity index (χ2n) is 4.04. The summed E-state index contributed by atoms with van der Waals surface area (Å²) in [6.07, 6.45) is 1.08. The standard InChI is InChI=1S/C11H22O2/c1-6-9(4)11(12)7-13-10(5)8(2)3/h8-10H,6-7H2,1-5H3. The zero-order valence-electron chi connectivity index (χ0n) is 9.46. The number of Topliss-reactive ketones (excluding diaryl/α,β-unsaturated/α-hetero) is 1. The molecule has 0 aliphatic heterocycles. The van der Waals surface area contributed by atoms with Gasteiger partial charge in [0.2, 0.25) is 0 Å². The van der Waals surface area contributed by atoms with Crippen LogP contribution in [0.25, 0.3) is 0 Å². The quantitative estimate of drug-likeness (QED) is 0.637. The van der Waals surface area contributed by atoms with Crippen LogP contribution in [0.1, 0.15) is 41.0 Å². The number of ether oxygens (including phenoxy) is 1.